The van der Waals surface area contributed by atoms with Crippen molar-refractivity contribution < 1.29 is 10.7 Å². The van der Waals surface area contributed by atoms with Crippen LogP contribution in [-0.4, -0.2) is 41.1 Å². The van der Waals surface area contributed by atoms with Gasteiger partial charge in [0.05, 0.1) is 11.5 Å². The number of nitrogens with two attached hydrogens (primary N) is 1. The maximum atomic E-state index is 11.2. The number of anilines is 3. The summed E-state index contributed by atoms with van der Waals surface area (Å²) in [6.45, 7) is 2.99. The molecule has 6 N–H and O–H groups in total. The molecular formula is C12H22N7O2+. The number of aromatic nitrogens is 2. The molecular weight excluding hydrogens is 274 g/mol. The van der Waals surface area contributed by atoms with Crippen LogP contribution in [0.3, 0.4) is 0 Å². The van der Waals surface area contributed by atoms with Gasteiger partial charge in [-0.2, -0.15) is 9.97 Å². The fraction of sp³-hybridized carbons (Fsp3) is 0.667. The van der Waals surface area contributed by atoms with E-state index in [1.165, 1.54) is 0 Å². The number of quaternary nitrogens is 1. The van der Waals surface area contributed by atoms with Gasteiger partial charge in [-0.3, -0.25) is 10.1 Å². The largest absolute Gasteiger partial charge is 0.378 e. The molecule has 0 saturated carbocycles. The van der Waals surface area contributed by atoms with Crippen molar-refractivity contribution in [1.29, 1.82) is 0 Å². The second kappa shape index (κ2) is 7.02. The molecule has 116 valence electrons. The van der Waals surface area contributed by atoms with Gasteiger partial charge in [0.15, 0.2) is 0 Å². The van der Waals surface area contributed by atoms with Crippen LogP contribution >= 0.6 is 0 Å². The van der Waals surface area contributed by atoms with E-state index in [0.717, 1.165) is 45.3 Å². The fourth-order valence-electron chi connectivity index (χ4n) is 2.37. The summed E-state index contributed by atoms with van der Waals surface area (Å²) in [7, 11) is 0. The minimum Gasteiger partial charge on any atom is -0.378 e. The minimum absolute atomic E-state index is 0.0901. The van der Waals surface area contributed by atoms with E-state index in [1.54, 1.807) is 0 Å². The molecule has 2 heterocycles. The maximum Gasteiger partial charge on any atom is 0.353 e. The van der Waals surface area contributed by atoms with Crippen molar-refractivity contribution in [1.82, 2.24) is 9.97 Å². The van der Waals surface area contributed by atoms with Crippen molar-refractivity contribution in [3.05, 3.63) is 10.1 Å². The first-order valence-electron chi connectivity index (χ1n) is 7.23. The normalized spacial score (nSPS) is 15.0. The third-order valence-corrected chi connectivity index (χ3v) is 3.44. The van der Waals surface area contributed by atoms with Gasteiger partial charge in [-0.25, -0.2) is 0 Å². The summed E-state index contributed by atoms with van der Waals surface area (Å²) < 4.78 is 0. The van der Waals surface area contributed by atoms with Gasteiger partial charge in [-0.1, -0.05) is 0 Å². The topological polar surface area (TPSA) is 138 Å². The molecule has 0 amide bonds. The number of piperidine rings is 1. The average molecular weight is 296 g/mol. The lowest BCUT2D eigenvalue weighted by atomic mass is 10.1. The molecule has 1 aliphatic rings. The van der Waals surface area contributed by atoms with Gasteiger partial charge in [-0.05, 0) is 19.3 Å². The van der Waals surface area contributed by atoms with Gasteiger partial charge in [-0.15, -0.1) is 0 Å². The lowest BCUT2D eigenvalue weighted by Crippen LogP contribution is -2.50. The molecule has 2 rings (SSSR count). The predicted molar refractivity (Wildman–Crippen MR) is 80.0 cm³/mol. The molecule has 0 radical (unpaired) electrons. The Morgan fingerprint density at radius 3 is 2.67 bits per heavy atom. The molecule has 1 fully saturated rings. The third kappa shape index (κ3) is 3.69. The number of nitro groups is 1. The number of hydrogen-bond acceptors (Lipinski definition) is 7. The standard InChI is InChI=1S/C12H21N7O2/c13-5-4-6-15-12-16-10(14)9(19(20)21)11(17-12)18-7-2-1-3-8-18/h1-8,13H2,(H3,14,15,16,17)/p+1. The Bertz CT molecular complexity index is 503. The molecule has 9 nitrogen and oxygen atoms in total. The smallest absolute Gasteiger partial charge is 0.353 e. The highest BCUT2D eigenvalue weighted by molar-refractivity contribution is 5.71. The number of nitrogen functional groups attached to an aromatic ring is 1. The van der Waals surface area contributed by atoms with Crippen LogP contribution in [0.4, 0.5) is 23.3 Å². The average Bonchev–Trinajstić information content (AvgIpc) is 2.47. The van der Waals surface area contributed by atoms with E-state index in [4.69, 9.17) is 5.73 Å². The molecule has 0 unspecified atom stereocenters. The Kier molecular flexibility index (Phi) is 5.09. The number of hydrogen-bond donors (Lipinski definition) is 3. The van der Waals surface area contributed by atoms with Crippen molar-refractivity contribution >= 4 is 23.3 Å². The third-order valence-electron chi connectivity index (χ3n) is 3.44. The predicted octanol–water partition coefficient (Wildman–Crippen LogP) is 0.00120. The Balaban J connectivity index is 2.30. The fourth-order valence-corrected chi connectivity index (χ4v) is 2.37. The minimum atomic E-state index is -0.501. The molecule has 1 aromatic heterocycles. The molecule has 0 atom stereocenters. The van der Waals surface area contributed by atoms with E-state index in [-0.39, 0.29) is 11.5 Å². The summed E-state index contributed by atoms with van der Waals surface area (Å²) in [4.78, 5) is 21.0. The quantitative estimate of drug-likeness (QED) is 0.381. The molecule has 21 heavy (non-hydrogen) atoms. The first-order chi connectivity index (χ1) is 10.1. The monoisotopic (exact) mass is 296 g/mol. The van der Waals surface area contributed by atoms with Gasteiger partial charge in [0.2, 0.25) is 17.6 Å². The Morgan fingerprint density at radius 2 is 2.05 bits per heavy atom. The summed E-state index contributed by atoms with van der Waals surface area (Å²) in [5.74, 6) is 0.573. The van der Waals surface area contributed by atoms with E-state index in [9.17, 15) is 10.1 Å². The van der Waals surface area contributed by atoms with Crippen LogP contribution in [0, 0.1) is 10.1 Å². The van der Waals surface area contributed by atoms with Gasteiger partial charge < -0.3 is 21.7 Å². The highest BCUT2D eigenvalue weighted by Gasteiger charge is 2.28. The van der Waals surface area contributed by atoms with Crippen molar-refractivity contribution in [2.75, 3.05) is 42.1 Å². The Labute approximate surface area is 122 Å². The summed E-state index contributed by atoms with van der Waals surface area (Å²) in [5, 5.41) is 14.3. The van der Waals surface area contributed by atoms with Crippen LogP contribution in [0.5, 0.6) is 0 Å². The van der Waals surface area contributed by atoms with Crippen molar-refractivity contribution in [3.8, 4) is 0 Å². The highest BCUT2D eigenvalue weighted by atomic mass is 16.6. The van der Waals surface area contributed by atoms with Crippen LogP contribution < -0.4 is 21.7 Å². The summed E-state index contributed by atoms with van der Waals surface area (Å²) in [6, 6.07) is 0. The zero-order valence-electron chi connectivity index (χ0n) is 12.0. The molecule has 0 spiro atoms. The van der Waals surface area contributed by atoms with Gasteiger partial charge in [0.25, 0.3) is 0 Å². The Morgan fingerprint density at radius 1 is 1.33 bits per heavy atom. The van der Waals surface area contributed by atoms with Crippen LogP contribution in [0.1, 0.15) is 25.7 Å². The molecule has 0 bridgehead atoms. The molecule has 1 aliphatic heterocycles. The molecule has 9 heteroatoms. The van der Waals surface area contributed by atoms with Gasteiger partial charge in [0.1, 0.15) is 0 Å². The van der Waals surface area contributed by atoms with E-state index < -0.39 is 4.92 Å². The molecule has 0 aliphatic carbocycles. The maximum absolute atomic E-state index is 11.2. The van der Waals surface area contributed by atoms with Crippen LogP contribution in [0.2, 0.25) is 0 Å². The van der Waals surface area contributed by atoms with E-state index in [2.05, 4.69) is 21.0 Å². The van der Waals surface area contributed by atoms with Crippen LogP contribution in [0.25, 0.3) is 0 Å². The van der Waals surface area contributed by atoms with Crippen molar-refractivity contribution in [3.63, 3.8) is 0 Å². The number of rotatable bonds is 6. The van der Waals surface area contributed by atoms with Crippen molar-refractivity contribution in [2.45, 2.75) is 25.7 Å². The van der Waals surface area contributed by atoms with E-state index in [1.807, 2.05) is 4.90 Å². The molecule has 1 aromatic rings. The van der Waals surface area contributed by atoms with Crippen molar-refractivity contribution in [2.24, 2.45) is 0 Å². The van der Waals surface area contributed by atoms with E-state index in [0.29, 0.717) is 18.3 Å². The first-order valence-corrected chi connectivity index (χ1v) is 7.23. The van der Waals surface area contributed by atoms with Crippen LogP contribution in [-0.2, 0) is 0 Å². The summed E-state index contributed by atoms with van der Waals surface area (Å²) in [6.07, 6.45) is 4.02. The number of nitrogens with zero attached hydrogens (tertiary/aromatic N) is 4. The Hall–Kier alpha value is -2.16. The lowest BCUT2D eigenvalue weighted by Gasteiger charge is -2.27. The SMILES string of the molecule is Nc1nc(NCCC[NH3+])nc(N2CCCCC2)c1[N+](=O)[O-]. The molecule has 1 saturated heterocycles. The summed E-state index contributed by atoms with van der Waals surface area (Å²) >= 11 is 0. The highest BCUT2D eigenvalue weighted by Crippen LogP contribution is 2.33. The first kappa shape index (κ1) is 15.2. The second-order valence-corrected chi connectivity index (χ2v) is 5.04. The zero-order chi connectivity index (χ0) is 15.2. The van der Waals surface area contributed by atoms with E-state index >= 15 is 0 Å². The zero-order valence-corrected chi connectivity index (χ0v) is 12.0. The summed E-state index contributed by atoms with van der Waals surface area (Å²) in [5.41, 5.74) is 9.33. The second-order valence-electron chi connectivity index (χ2n) is 5.04. The van der Waals surface area contributed by atoms with Gasteiger partial charge in [0, 0.05) is 26.1 Å². The lowest BCUT2D eigenvalue weighted by molar-refractivity contribution is -0.383. The van der Waals surface area contributed by atoms with Crippen LogP contribution in [0.15, 0.2) is 0 Å². The molecule has 0 aromatic carbocycles. The van der Waals surface area contributed by atoms with Gasteiger partial charge >= 0.3 is 5.69 Å². The number of nitrogens with one attached hydrogen (secondary N) is 1.